The summed E-state index contributed by atoms with van der Waals surface area (Å²) >= 11 is 0. The minimum absolute atomic E-state index is 0.156. The Morgan fingerprint density at radius 2 is 2.09 bits per heavy atom. The molecule has 2 rings (SSSR count). The van der Waals surface area contributed by atoms with E-state index in [-0.39, 0.29) is 12.2 Å². The van der Waals surface area contributed by atoms with E-state index in [9.17, 15) is 14.5 Å². The van der Waals surface area contributed by atoms with Crippen molar-refractivity contribution in [2.45, 2.75) is 20.5 Å². The summed E-state index contributed by atoms with van der Waals surface area (Å²) < 4.78 is 19.1. The van der Waals surface area contributed by atoms with Gasteiger partial charge in [-0.2, -0.15) is 0 Å². The Kier molecular flexibility index (Phi) is 7.25. The van der Waals surface area contributed by atoms with Crippen molar-refractivity contribution >= 4 is 6.08 Å². The molecule has 0 N–H and O–H groups in total. The van der Waals surface area contributed by atoms with Crippen LogP contribution in [-0.4, -0.2) is 9.91 Å². The molecule has 1 aromatic carbocycles. The first kappa shape index (κ1) is 17.3. The maximum Gasteiger partial charge on any atom is 0.235 e. The van der Waals surface area contributed by atoms with Crippen LogP contribution in [0.25, 0.3) is 6.08 Å². The number of aromatic nitrogens is 1. The van der Waals surface area contributed by atoms with Crippen molar-refractivity contribution in [3.63, 3.8) is 0 Å². The molecule has 2 aromatic rings. The quantitative estimate of drug-likeness (QED) is 0.617. The van der Waals surface area contributed by atoms with Gasteiger partial charge in [-0.3, -0.25) is 10.1 Å². The summed E-state index contributed by atoms with van der Waals surface area (Å²) in [7, 11) is 0. The third-order valence-electron chi connectivity index (χ3n) is 2.47. The molecule has 0 aliphatic rings. The minimum Gasteiger partial charge on any atom is -0.473 e. The van der Waals surface area contributed by atoms with Gasteiger partial charge < -0.3 is 4.74 Å². The van der Waals surface area contributed by atoms with Crippen molar-refractivity contribution in [1.29, 1.82) is 0 Å². The number of hydrogen-bond acceptors (Lipinski definition) is 4. The van der Waals surface area contributed by atoms with E-state index in [0.717, 1.165) is 6.08 Å². The van der Waals surface area contributed by atoms with E-state index in [4.69, 9.17) is 4.74 Å². The molecular weight excluding hydrogens is 287 g/mol. The SMILES string of the molecule is CC.O=[N+]([O-])/C=C/c1ccc(COc2ccccn2)cc1F. The summed E-state index contributed by atoms with van der Waals surface area (Å²) in [5.74, 6) is -0.0875. The summed E-state index contributed by atoms with van der Waals surface area (Å²) in [4.78, 5) is 13.5. The second-order valence-electron chi connectivity index (χ2n) is 3.91. The topological polar surface area (TPSA) is 65.3 Å². The largest absolute Gasteiger partial charge is 0.473 e. The first-order chi connectivity index (χ1) is 10.6. The number of nitro groups is 1. The Labute approximate surface area is 128 Å². The fraction of sp³-hybridized carbons (Fsp3) is 0.188. The second kappa shape index (κ2) is 9.23. The van der Waals surface area contributed by atoms with Gasteiger partial charge in [0.05, 0.1) is 4.92 Å². The Balaban J connectivity index is 0.00000116. The molecule has 116 valence electrons. The van der Waals surface area contributed by atoms with E-state index in [1.807, 2.05) is 13.8 Å². The number of rotatable bonds is 5. The summed E-state index contributed by atoms with van der Waals surface area (Å²) in [5, 5.41) is 10.2. The highest BCUT2D eigenvalue weighted by Crippen LogP contribution is 2.14. The molecule has 22 heavy (non-hydrogen) atoms. The molecule has 6 heteroatoms. The van der Waals surface area contributed by atoms with Crippen molar-refractivity contribution in [3.8, 4) is 5.88 Å². The van der Waals surface area contributed by atoms with Gasteiger partial charge in [0.2, 0.25) is 12.1 Å². The molecule has 5 nitrogen and oxygen atoms in total. The molecule has 0 unspecified atom stereocenters. The number of nitrogens with zero attached hydrogens (tertiary/aromatic N) is 2. The normalized spacial score (nSPS) is 9.95. The molecule has 0 spiro atoms. The van der Waals surface area contributed by atoms with E-state index < -0.39 is 10.7 Å². The van der Waals surface area contributed by atoms with Gasteiger partial charge >= 0.3 is 0 Å². The van der Waals surface area contributed by atoms with E-state index in [0.29, 0.717) is 17.6 Å². The number of pyridine rings is 1. The molecule has 0 atom stereocenters. The van der Waals surface area contributed by atoms with Crippen molar-refractivity contribution in [1.82, 2.24) is 4.98 Å². The molecule has 0 fully saturated rings. The number of ether oxygens (including phenoxy) is 1. The highest BCUT2D eigenvalue weighted by Gasteiger charge is 2.03. The first-order valence-corrected chi connectivity index (χ1v) is 6.79. The second-order valence-corrected chi connectivity index (χ2v) is 3.91. The van der Waals surface area contributed by atoms with Gasteiger partial charge in [0.15, 0.2) is 0 Å². The Morgan fingerprint density at radius 3 is 2.68 bits per heavy atom. The van der Waals surface area contributed by atoms with Crippen molar-refractivity contribution in [2.24, 2.45) is 0 Å². The van der Waals surface area contributed by atoms with Gasteiger partial charge in [0.1, 0.15) is 12.4 Å². The summed E-state index contributed by atoms with van der Waals surface area (Å²) in [6, 6.07) is 9.64. The number of halogens is 1. The molecular formula is C16H17FN2O3. The molecule has 0 bridgehead atoms. The van der Waals surface area contributed by atoms with E-state index >= 15 is 0 Å². The van der Waals surface area contributed by atoms with E-state index in [1.165, 1.54) is 12.1 Å². The number of benzene rings is 1. The summed E-state index contributed by atoms with van der Waals surface area (Å²) in [6.45, 7) is 4.17. The van der Waals surface area contributed by atoms with Gasteiger partial charge in [-0.25, -0.2) is 9.37 Å². The third kappa shape index (κ3) is 5.70. The van der Waals surface area contributed by atoms with Crippen molar-refractivity contribution in [3.05, 3.63) is 75.9 Å². The predicted octanol–water partition coefficient (Wildman–Crippen LogP) is 4.07. The minimum atomic E-state index is -0.641. The Morgan fingerprint density at radius 1 is 1.32 bits per heavy atom. The summed E-state index contributed by atoms with van der Waals surface area (Å²) in [5.41, 5.74) is 0.773. The smallest absolute Gasteiger partial charge is 0.235 e. The Bertz CT molecular complexity index is 631. The zero-order valence-electron chi connectivity index (χ0n) is 12.4. The monoisotopic (exact) mass is 304 g/mol. The van der Waals surface area contributed by atoms with E-state index in [2.05, 4.69) is 4.98 Å². The third-order valence-corrected chi connectivity index (χ3v) is 2.47. The van der Waals surface area contributed by atoms with Crippen LogP contribution in [0.3, 0.4) is 0 Å². The van der Waals surface area contributed by atoms with Crippen LogP contribution >= 0.6 is 0 Å². The molecule has 0 aliphatic carbocycles. The lowest BCUT2D eigenvalue weighted by Gasteiger charge is -2.05. The number of hydrogen-bond donors (Lipinski definition) is 0. The van der Waals surface area contributed by atoms with Crippen LogP contribution < -0.4 is 4.74 Å². The van der Waals surface area contributed by atoms with E-state index in [1.54, 1.807) is 30.5 Å². The predicted molar refractivity (Wildman–Crippen MR) is 82.3 cm³/mol. The standard InChI is InChI=1S/C14H11FN2O3.C2H6/c15-13-9-11(4-5-12(13)6-8-17(18)19)10-20-14-3-1-2-7-16-14;1-2/h1-9H,10H2;1-2H3/b8-6+;. The molecule has 0 amide bonds. The highest BCUT2D eigenvalue weighted by atomic mass is 19.1. The van der Waals surface area contributed by atoms with Crippen LogP contribution in [0.1, 0.15) is 25.0 Å². The van der Waals surface area contributed by atoms with Crippen LogP contribution in [-0.2, 0) is 6.61 Å². The molecule has 0 radical (unpaired) electrons. The fourth-order valence-corrected chi connectivity index (χ4v) is 1.53. The van der Waals surface area contributed by atoms with Crippen molar-refractivity contribution < 1.29 is 14.1 Å². The molecule has 1 aromatic heterocycles. The molecule has 0 saturated carbocycles. The Hall–Kier alpha value is -2.76. The lowest BCUT2D eigenvalue weighted by Crippen LogP contribution is -1.98. The fourth-order valence-electron chi connectivity index (χ4n) is 1.53. The average molecular weight is 304 g/mol. The van der Waals surface area contributed by atoms with Gasteiger partial charge in [0.25, 0.3) is 0 Å². The zero-order chi connectivity index (χ0) is 16.4. The van der Waals surface area contributed by atoms with Gasteiger partial charge in [-0.1, -0.05) is 32.0 Å². The van der Waals surface area contributed by atoms with Crippen molar-refractivity contribution in [2.75, 3.05) is 0 Å². The van der Waals surface area contributed by atoms with Gasteiger partial charge in [-0.15, -0.1) is 0 Å². The maximum absolute atomic E-state index is 13.7. The molecule has 1 heterocycles. The van der Waals surface area contributed by atoms with Gasteiger partial charge in [-0.05, 0) is 17.7 Å². The van der Waals surface area contributed by atoms with Gasteiger partial charge in [0, 0.05) is 23.9 Å². The van der Waals surface area contributed by atoms with Crippen LogP contribution in [0, 0.1) is 15.9 Å². The average Bonchev–Trinajstić information content (AvgIpc) is 2.55. The van der Waals surface area contributed by atoms with Crippen LogP contribution in [0.2, 0.25) is 0 Å². The summed E-state index contributed by atoms with van der Waals surface area (Å²) in [6.07, 6.45) is 3.41. The zero-order valence-corrected chi connectivity index (χ0v) is 12.4. The van der Waals surface area contributed by atoms with Crippen LogP contribution in [0.15, 0.2) is 48.8 Å². The van der Waals surface area contributed by atoms with Crippen LogP contribution in [0.4, 0.5) is 4.39 Å². The lowest BCUT2D eigenvalue weighted by molar-refractivity contribution is -0.400. The van der Waals surface area contributed by atoms with Crippen LogP contribution in [0.5, 0.6) is 5.88 Å². The molecule has 0 aliphatic heterocycles. The maximum atomic E-state index is 13.7. The first-order valence-electron chi connectivity index (χ1n) is 6.79. The highest BCUT2D eigenvalue weighted by molar-refractivity contribution is 5.49. The molecule has 0 saturated heterocycles. The lowest BCUT2D eigenvalue weighted by atomic mass is 10.1.